The van der Waals surface area contributed by atoms with E-state index in [9.17, 15) is 4.79 Å². The van der Waals surface area contributed by atoms with Crippen LogP contribution in [-0.4, -0.2) is 15.9 Å². The second-order valence-corrected chi connectivity index (χ2v) is 4.54. The van der Waals surface area contributed by atoms with Crippen molar-refractivity contribution in [1.82, 2.24) is 9.69 Å². The van der Waals surface area contributed by atoms with Crippen molar-refractivity contribution in [2.24, 2.45) is 0 Å². The summed E-state index contributed by atoms with van der Waals surface area (Å²) >= 11 is 1.26. The lowest BCUT2D eigenvalue weighted by Gasteiger charge is -2.20. The first kappa shape index (κ1) is 9.98. The van der Waals surface area contributed by atoms with Crippen molar-refractivity contribution in [2.45, 2.75) is 26.3 Å². The fraction of sp³-hybridized carbons (Fsp3) is 0.500. The molecule has 0 aliphatic rings. The van der Waals surface area contributed by atoms with Gasteiger partial charge in [-0.1, -0.05) is 0 Å². The zero-order valence-corrected chi connectivity index (χ0v) is 8.73. The molecule has 0 spiro atoms. The van der Waals surface area contributed by atoms with Crippen LogP contribution in [0.3, 0.4) is 0 Å². The van der Waals surface area contributed by atoms with Crippen LogP contribution in [0.4, 0.5) is 9.80 Å². The number of aromatic nitrogens is 1. The molecule has 72 valence electrons. The Morgan fingerprint density at radius 1 is 1.54 bits per heavy atom. The standard InChI is InChI=1S/C8H13N3OS/c1-8(2,3)11-7(12)10-6-4-5-9-13-6/h4-5H,1-3H3,(H2,10,11,12). The highest BCUT2D eigenvalue weighted by Crippen LogP contribution is 2.11. The first-order valence-electron chi connectivity index (χ1n) is 3.97. The fourth-order valence-corrected chi connectivity index (χ4v) is 1.26. The summed E-state index contributed by atoms with van der Waals surface area (Å²) in [5.74, 6) is 0. The highest BCUT2D eigenvalue weighted by molar-refractivity contribution is 7.10. The minimum atomic E-state index is -0.214. The van der Waals surface area contributed by atoms with Crippen molar-refractivity contribution in [3.63, 3.8) is 0 Å². The molecule has 0 fully saturated rings. The van der Waals surface area contributed by atoms with Gasteiger partial charge in [0.25, 0.3) is 0 Å². The van der Waals surface area contributed by atoms with Crippen LogP contribution in [0.15, 0.2) is 12.3 Å². The van der Waals surface area contributed by atoms with Gasteiger partial charge in [-0.15, -0.1) is 0 Å². The van der Waals surface area contributed by atoms with Crippen molar-refractivity contribution >= 4 is 22.6 Å². The molecule has 1 aromatic rings. The van der Waals surface area contributed by atoms with Gasteiger partial charge >= 0.3 is 6.03 Å². The molecule has 1 heterocycles. The topological polar surface area (TPSA) is 54.0 Å². The molecular formula is C8H13N3OS. The third-order valence-corrected chi connectivity index (χ3v) is 1.83. The molecule has 1 aromatic heterocycles. The van der Waals surface area contributed by atoms with Gasteiger partial charge < -0.3 is 5.32 Å². The average Bonchev–Trinajstić information content (AvgIpc) is 2.34. The van der Waals surface area contributed by atoms with Crippen LogP contribution in [0.25, 0.3) is 0 Å². The molecule has 2 amide bonds. The lowest BCUT2D eigenvalue weighted by molar-refractivity contribution is 0.244. The molecule has 0 aliphatic heterocycles. The third kappa shape index (κ3) is 3.89. The summed E-state index contributed by atoms with van der Waals surface area (Å²) in [6, 6.07) is 1.56. The van der Waals surface area contributed by atoms with E-state index in [0.29, 0.717) is 0 Å². The third-order valence-electron chi connectivity index (χ3n) is 1.16. The number of carbonyl (C=O) groups excluding carboxylic acids is 1. The predicted octanol–water partition coefficient (Wildman–Crippen LogP) is 2.06. The SMILES string of the molecule is CC(C)(C)NC(=O)Nc1ccns1. The summed E-state index contributed by atoms with van der Waals surface area (Å²) in [5.41, 5.74) is -0.214. The molecule has 4 nitrogen and oxygen atoms in total. The van der Waals surface area contributed by atoms with Crippen LogP contribution in [-0.2, 0) is 0 Å². The monoisotopic (exact) mass is 199 g/mol. The van der Waals surface area contributed by atoms with Gasteiger partial charge in [0.1, 0.15) is 5.00 Å². The Balaban J connectivity index is 2.43. The molecular weight excluding hydrogens is 186 g/mol. The molecule has 0 aliphatic carbocycles. The lowest BCUT2D eigenvalue weighted by atomic mass is 10.1. The number of hydrogen-bond donors (Lipinski definition) is 2. The normalized spacial score (nSPS) is 11.0. The van der Waals surface area contributed by atoms with Crippen LogP contribution in [0.2, 0.25) is 0 Å². The summed E-state index contributed by atoms with van der Waals surface area (Å²) < 4.78 is 3.87. The van der Waals surface area contributed by atoms with Gasteiger partial charge in [0.2, 0.25) is 0 Å². The van der Waals surface area contributed by atoms with E-state index < -0.39 is 0 Å². The quantitative estimate of drug-likeness (QED) is 0.727. The molecule has 0 saturated heterocycles. The molecule has 1 rings (SSSR count). The number of amides is 2. The Labute approximate surface area is 81.5 Å². The minimum absolute atomic E-state index is 0.197. The first-order valence-corrected chi connectivity index (χ1v) is 4.74. The zero-order valence-electron chi connectivity index (χ0n) is 7.92. The van der Waals surface area contributed by atoms with Gasteiger partial charge in [0, 0.05) is 11.7 Å². The van der Waals surface area contributed by atoms with E-state index in [0.717, 1.165) is 5.00 Å². The largest absolute Gasteiger partial charge is 0.333 e. The number of carbonyl (C=O) groups is 1. The Hall–Kier alpha value is -1.10. The molecule has 0 atom stereocenters. The van der Waals surface area contributed by atoms with Crippen molar-refractivity contribution in [2.75, 3.05) is 5.32 Å². The average molecular weight is 199 g/mol. The van der Waals surface area contributed by atoms with Crippen molar-refractivity contribution in [3.05, 3.63) is 12.3 Å². The molecule has 0 saturated carbocycles. The van der Waals surface area contributed by atoms with Gasteiger partial charge in [0.05, 0.1) is 0 Å². The van der Waals surface area contributed by atoms with Gasteiger partial charge in [-0.2, -0.15) is 4.37 Å². The summed E-state index contributed by atoms with van der Waals surface area (Å²) in [6.07, 6.45) is 1.65. The van der Waals surface area contributed by atoms with Crippen LogP contribution in [0, 0.1) is 0 Å². The Bertz CT molecular complexity index is 276. The zero-order chi connectivity index (χ0) is 9.90. The van der Waals surface area contributed by atoms with Crippen LogP contribution < -0.4 is 10.6 Å². The van der Waals surface area contributed by atoms with E-state index in [-0.39, 0.29) is 11.6 Å². The maximum atomic E-state index is 11.3. The Morgan fingerprint density at radius 2 is 2.23 bits per heavy atom. The second kappa shape index (κ2) is 3.74. The minimum Gasteiger partial charge on any atom is -0.333 e. The van der Waals surface area contributed by atoms with E-state index in [2.05, 4.69) is 15.0 Å². The fourth-order valence-electron chi connectivity index (χ4n) is 0.764. The highest BCUT2D eigenvalue weighted by atomic mass is 32.1. The molecule has 0 bridgehead atoms. The highest BCUT2D eigenvalue weighted by Gasteiger charge is 2.13. The maximum Gasteiger partial charge on any atom is 0.320 e. The van der Waals surface area contributed by atoms with Gasteiger partial charge in [0.15, 0.2) is 0 Å². The molecule has 0 unspecified atom stereocenters. The number of urea groups is 1. The number of hydrogen-bond acceptors (Lipinski definition) is 3. The number of nitrogens with zero attached hydrogens (tertiary/aromatic N) is 1. The van der Waals surface area contributed by atoms with E-state index >= 15 is 0 Å². The van der Waals surface area contributed by atoms with Crippen molar-refractivity contribution in [1.29, 1.82) is 0 Å². The number of nitrogens with one attached hydrogen (secondary N) is 2. The van der Waals surface area contributed by atoms with Crippen molar-refractivity contribution < 1.29 is 4.79 Å². The van der Waals surface area contributed by atoms with Crippen LogP contribution in [0.1, 0.15) is 20.8 Å². The van der Waals surface area contributed by atoms with Crippen LogP contribution >= 0.6 is 11.5 Å². The lowest BCUT2D eigenvalue weighted by Crippen LogP contribution is -2.42. The maximum absolute atomic E-state index is 11.3. The number of rotatable bonds is 1. The second-order valence-electron chi connectivity index (χ2n) is 3.71. The Kier molecular flexibility index (Phi) is 2.87. The Morgan fingerprint density at radius 3 is 2.69 bits per heavy atom. The van der Waals surface area contributed by atoms with Gasteiger partial charge in [-0.25, -0.2) is 4.79 Å². The molecule has 13 heavy (non-hydrogen) atoms. The molecule has 0 radical (unpaired) electrons. The smallest absolute Gasteiger partial charge is 0.320 e. The summed E-state index contributed by atoms with van der Waals surface area (Å²) in [7, 11) is 0. The predicted molar refractivity (Wildman–Crippen MR) is 54.0 cm³/mol. The van der Waals surface area contributed by atoms with E-state index in [1.54, 1.807) is 12.3 Å². The molecule has 2 N–H and O–H groups in total. The van der Waals surface area contributed by atoms with Crippen molar-refractivity contribution in [3.8, 4) is 0 Å². The van der Waals surface area contributed by atoms with Gasteiger partial charge in [-0.3, -0.25) is 5.32 Å². The molecule has 0 aromatic carbocycles. The van der Waals surface area contributed by atoms with Crippen LogP contribution in [0.5, 0.6) is 0 Å². The van der Waals surface area contributed by atoms with E-state index in [4.69, 9.17) is 0 Å². The number of anilines is 1. The van der Waals surface area contributed by atoms with E-state index in [1.165, 1.54) is 11.5 Å². The van der Waals surface area contributed by atoms with Gasteiger partial charge in [-0.05, 0) is 38.4 Å². The first-order chi connectivity index (χ1) is 5.97. The summed E-state index contributed by atoms with van der Waals surface area (Å²) in [5, 5.41) is 6.22. The van der Waals surface area contributed by atoms with E-state index in [1.807, 2.05) is 20.8 Å². The molecule has 5 heteroatoms. The summed E-state index contributed by atoms with van der Waals surface area (Å²) in [4.78, 5) is 11.3. The summed E-state index contributed by atoms with van der Waals surface area (Å²) in [6.45, 7) is 5.79.